The van der Waals surface area contributed by atoms with Crippen LogP contribution in [0.2, 0.25) is 0 Å². The van der Waals surface area contributed by atoms with Crippen molar-refractivity contribution in [1.82, 2.24) is 15.5 Å². The normalized spacial score (nSPS) is 17.5. The van der Waals surface area contributed by atoms with E-state index in [1.165, 1.54) is 4.90 Å². The Balaban J connectivity index is 1.38. The van der Waals surface area contributed by atoms with E-state index in [4.69, 9.17) is 9.47 Å². The van der Waals surface area contributed by atoms with Gasteiger partial charge in [0.15, 0.2) is 11.5 Å². The van der Waals surface area contributed by atoms with E-state index in [0.717, 1.165) is 18.4 Å². The fourth-order valence-electron chi connectivity index (χ4n) is 4.07. The summed E-state index contributed by atoms with van der Waals surface area (Å²) < 4.78 is 10.5. The van der Waals surface area contributed by atoms with E-state index in [-0.39, 0.29) is 30.8 Å². The van der Waals surface area contributed by atoms with E-state index in [1.54, 1.807) is 14.2 Å². The van der Waals surface area contributed by atoms with Crippen LogP contribution in [0.3, 0.4) is 0 Å². The number of imide groups is 1. The van der Waals surface area contributed by atoms with E-state index in [0.29, 0.717) is 43.7 Å². The van der Waals surface area contributed by atoms with Gasteiger partial charge in [0.1, 0.15) is 5.54 Å². The summed E-state index contributed by atoms with van der Waals surface area (Å²) in [6, 6.07) is 5.34. The van der Waals surface area contributed by atoms with Crippen LogP contribution in [-0.2, 0) is 16.0 Å². The third-order valence-corrected chi connectivity index (χ3v) is 5.67. The highest BCUT2D eigenvalue weighted by Gasteiger charge is 2.51. The second kappa shape index (κ2) is 9.15. The summed E-state index contributed by atoms with van der Waals surface area (Å²) in [6.45, 7) is 0.774. The quantitative estimate of drug-likeness (QED) is 0.615. The molecule has 2 N–H and O–H groups in total. The molecule has 158 valence electrons. The Morgan fingerprint density at radius 2 is 1.90 bits per heavy atom. The molecule has 1 saturated heterocycles. The van der Waals surface area contributed by atoms with Gasteiger partial charge >= 0.3 is 6.03 Å². The molecular weight excluding hydrogens is 374 g/mol. The second-order valence-corrected chi connectivity index (χ2v) is 7.57. The number of rotatable bonds is 9. The monoisotopic (exact) mass is 403 g/mol. The van der Waals surface area contributed by atoms with Gasteiger partial charge < -0.3 is 20.1 Å². The first kappa shape index (κ1) is 21.0. The number of methoxy groups -OCH3 is 2. The molecule has 0 aromatic heterocycles. The van der Waals surface area contributed by atoms with Crippen LogP contribution in [0.5, 0.6) is 11.5 Å². The van der Waals surface area contributed by atoms with Crippen molar-refractivity contribution < 1.29 is 23.9 Å². The average molecular weight is 403 g/mol. The number of nitrogens with zero attached hydrogens (tertiary/aromatic N) is 1. The van der Waals surface area contributed by atoms with Gasteiger partial charge in [-0.15, -0.1) is 0 Å². The maximum atomic E-state index is 12.6. The van der Waals surface area contributed by atoms with Gasteiger partial charge in [-0.1, -0.05) is 18.9 Å². The molecule has 0 unspecified atom stereocenters. The maximum Gasteiger partial charge on any atom is 0.325 e. The van der Waals surface area contributed by atoms with Crippen LogP contribution in [0, 0.1) is 0 Å². The van der Waals surface area contributed by atoms with Crippen molar-refractivity contribution in [1.29, 1.82) is 0 Å². The number of carbonyl (C=O) groups excluding carboxylic acids is 3. The zero-order chi connectivity index (χ0) is 20.9. The number of carbonyl (C=O) groups is 3. The Morgan fingerprint density at radius 3 is 2.59 bits per heavy atom. The van der Waals surface area contributed by atoms with Crippen molar-refractivity contribution in [3.8, 4) is 11.5 Å². The van der Waals surface area contributed by atoms with Crippen molar-refractivity contribution in [3.63, 3.8) is 0 Å². The van der Waals surface area contributed by atoms with Crippen LogP contribution in [-0.4, -0.2) is 55.6 Å². The first-order chi connectivity index (χ1) is 14.0. The van der Waals surface area contributed by atoms with E-state index in [2.05, 4.69) is 10.6 Å². The summed E-state index contributed by atoms with van der Waals surface area (Å²) in [5.74, 6) is 1.10. The number of nitrogens with one attached hydrogen (secondary N) is 2. The molecule has 1 aromatic carbocycles. The number of hydrogen-bond donors (Lipinski definition) is 2. The summed E-state index contributed by atoms with van der Waals surface area (Å²) in [5.41, 5.74) is 0.350. The van der Waals surface area contributed by atoms with Crippen LogP contribution >= 0.6 is 0 Å². The van der Waals surface area contributed by atoms with Crippen molar-refractivity contribution in [3.05, 3.63) is 23.8 Å². The van der Waals surface area contributed by atoms with Crippen molar-refractivity contribution >= 4 is 17.8 Å². The van der Waals surface area contributed by atoms with Gasteiger partial charge in [-0.2, -0.15) is 0 Å². The Hall–Kier alpha value is -2.77. The Kier molecular flexibility index (Phi) is 6.61. The predicted molar refractivity (Wildman–Crippen MR) is 107 cm³/mol. The molecule has 2 aliphatic rings. The fraction of sp³-hybridized carbons (Fsp3) is 0.571. The van der Waals surface area contributed by atoms with Crippen LogP contribution in [0.15, 0.2) is 18.2 Å². The lowest BCUT2D eigenvalue weighted by atomic mass is 9.98. The molecule has 1 aromatic rings. The molecule has 2 fully saturated rings. The molecule has 1 heterocycles. The first-order valence-electron chi connectivity index (χ1n) is 10.1. The number of urea groups is 1. The minimum absolute atomic E-state index is 0.0897. The fourth-order valence-corrected chi connectivity index (χ4v) is 4.07. The molecule has 3 rings (SSSR count). The number of hydrogen-bond acceptors (Lipinski definition) is 5. The van der Waals surface area contributed by atoms with Crippen molar-refractivity contribution in [2.24, 2.45) is 0 Å². The van der Waals surface area contributed by atoms with Gasteiger partial charge in [-0.25, -0.2) is 4.79 Å². The van der Waals surface area contributed by atoms with Crippen molar-refractivity contribution in [2.45, 2.75) is 50.5 Å². The molecule has 1 aliphatic carbocycles. The van der Waals surface area contributed by atoms with Crippen LogP contribution < -0.4 is 20.1 Å². The van der Waals surface area contributed by atoms with Gasteiger partial charge in [0.05, 0.1) is 14.2 Å². The van der Waals surface area contributed by atoms with Gasteiger partial charge in [0.2, 0.25) is 5.91 Å². The zero-order valence-electron chi connectivity index (χ0n) is 17.1. The van der Waals surface area contributed by atoms with Gasteiger partial charge in [-0.3, -0.25) is 14.5 Å². The molecule has 1 aliphatic heterocycles. The smallest absolute Gasteiger partial charge is 0.325 e. The summed E-state index contributed by atoms with van der Waals surface area (Å²) in [5, 5.41) is 5.73. The van der Waals surface area contributed by atoms with E-state index in [1.807, 2.05) is 18.2 Å². The molecular formula is C21H29N3O5. The standard InChI is InChI=1S/C21H29N3O5/c1-28-16-8-7-15(14-17(16)29-2)9-12-22-18(25)6-5-13-24-19(26)21(23-20(24)27)10-3-4-11-21/h7-8,14H,3-6,9-13H2,1-2H3,(H,22,25)(H,23,27). The molecule has 0 atom stereocenters. The van der Waals surface area contributed by atoms with Crippen LogP contribution in [0.25, 0.3) is 0 Å². The third-order valence-electron chi connectivity index (χ3n) is 5.67. The zero-order valence-corrected chi connectivity index (χ0v) is 17.1. The highest BCUT2D eigenvalue weighted by atomic mass is 16.5. The van der Waals surface area contributed by atoms with Crippen molar-refractivity contribution in [2.75, 3.05) is 27.3 Å². The summed E-state index contributed by atoms with van der Waals surface area (Å²) in [7, 11) is 3.17. The minimum Gasteiger partial charge on any atom is -0.493 e. The number of benzene rings is 1. The van der Waals surface area contributed by atoms with Crippen LogP contribution in [0.1, 0.15) is 44.1 Å². The lowest BCUT2D eigenvalue weighted by Gasteiger charge is -2.19. The van der Waals surface area contributed by atoms with E-state index < -0.39 is 5.54 Å². The number of ether oxygens (including phenoxy) is 2. The van der Waals surface area contributed by atoms with Gasteiger partial charge in [0, 0.05) is 19.5 Å². The SMILES string of the molecule is COc1ccc(CCNC(=O)CCCN2C(=O)NC3(CCCC3)C2=O)cc1OC. The van der Waals surface area contributed by atoms with E-state index >= 15 is 0 Å². The lowest BCUT2D eigenvalue weighted by Crippen LogP contribution is -2.44. The summed E-state index contributed by atoms with van der Waals surface area (Å²) in [4.78, 5) is 38.0. The Labute approximate surface area is 170 Å². The summed E-state index contributed by atoms with van der Waals surface area (Å²) in [6.07, 6.45) is 4.75. The Bertz CT molecular complexity index is 774. The molecule has 29 heavy (non-hydrogen) atoms. The molecule has 4 amide bonds. The highest BCUT2D eigenvalue weighted by molar-refractivity contribution is 6.07. The second-order valence-electron chi connectivity index (χ2n) is 7.57. The maximum absolute atomic E-state index is 12.6. The third kappa shape index (κ3) is 4.63. The molecule has 1 spiro atoms. The predicted octanol–water partition coefficient (Wildman–Crippen LogP) is 2.01. The first-order valence-corrected chi connectivity index (χ1v) is 10.1. The Morgan fingerprint density at radius 1 is 1.17 bits per heavy atom. The largest absolute Gasteiger partial charge is 0.493 e. The summed E-state index contributed by atoms with van der Waals surface area (Å²) >= 11 is 0. The van der Waals surface area contributed by atoms with Gasteiger partial charge in [0.25, 0.3) is 5.91 Å². The molecule has 8 heteroatoms. The average Bonchev–Trinajstić information content (AvgIpc) is 3.28. The molecule has 1 saturated carbocycles. The van der Waals surface area contributed by atoms with E-state index in [9.17, 15) is 14.4 Å². The minimum atomic E-state index is -0.682. The topological polar surface area (TPSA) is 97.0 Å². The molecule has 0 bridgehead atoms. The van der Waals surface area contributed by atoms with Gasteiger partial charge in [-0.05, 0) is 43.4 Å². The number of amides is 4. The molecule has 8 nitrogen and oxygen atoms in total. The lowest BCUT2D eigenvalue weighted by molar-refractivity contribution is -0.131. The highest BCUT2D eigenvalue weighted by Crippen LogP contribution is 2.35. The molecule has 0 radical (unpaired) electrons. The van der Waals surface area contributed by atoms with Crippen LogP contribution in [0.4, 0.5) is 4.79 Å².